The number of nitrogens with one attached hydrogen (secondary N) is 1. The third kappa shape index (κ3) is 3.39. The van der Waals surface area contributed by atoms with Crippen molar-refractivity contribution in [2.45, 2.75) is 13.2 Å². The number of nitrogens with two attached hydrogens (primary N) is 1. The molecule has 3 N–H and O–H groups in total. The van der Waals surface area contributed by atoms with E-state index in [9.17, 15) is 0 Å². The van der Waals surface area contributed by atoms with Crippen molar-refractivity contribution in [3.05, 3.63) is 34.3 Å². The number of hydrogen-bond acceptors (Lipinski definition) is 7. The van der Waals surface area contributed by atoms with E-state index in [1.807, 2.05) is 17.5 Å². The minimum absolute atomic E-state index is 0.310. The van der Waals surface area contributed by atoms with Crippen molar-refractivity contribution >= 4 is 17.2 Å². The van der Waals surface area contributed by atoms with Gasteiger partial charge in [-0.05, 0) is 11.4 Å². The molecular weight excluding hydrogens is 252 g/mol. The summed E-state index contributed by atoms with van der Waals surface area (Å²) in [6.07, 6.45) is 0. The highest BCUT2D eigenvalue weighted by Crippen LogP contribution is 2.16. The molecule has 96 valence electrons. The van der Waals surface area contributed by atoms with E-state index in [-0.39, 0.29) is 0 Å². The zero-order valence-corrected chi connectivity index (χ0v) is 10.7. The normalized spacial score (nSPS) is 10.3. The van der Waals surface area contributed by atoms with Crippen LogP contribution in [0.25, 0.3) is 0 Å². The minimum Gasteiger partial charge on any atom is -0.472 e. The summed E-state index contributed by atoms with van der Waals surface area (Å²) >= 11 is 1.63. The number of ether oxygens (including phenoxy) is 2. The maximum absolute atomic E-state index is 5.59. The second kappa shape index (κ2) is 6.29. The van der Waals surface area contributed by atoms with Gasteiger partial charge in [0.1, 0.15) is 19.0 Å². The lowest BCUT2D eigenvalue weighted by molar-refractivity contribution is 0.176. The first-order valence-electron chi connectivity index (χ1n) is 5.30. The fourth-order valence-electron chi connectivity index (χ4n) is 1.35. The third-order valence-corrected chi connectivity index (χ3v) is 2.96. The van der Waals surface area contributed by atoms with Crippen LogP contribution in [0.5, 0.6) is 5.88 Å². The molecule has 2 aromatic heterocycles. The molecule has 0 amide bonds. The summed E-state index contributed by atoms with van der Waals surface area (Å²) in [6.45, 7) is 0.788. The Balaban J connectivity index is 2.08. The van der Waals surface area contributed by atoms with Gasteiger partial charge in [0, 0.05) is 18.1 Å². The van der Waals surface area contributed by atoms with E-state index in [4.69, 9.17) is 15.3 Å². The van der Waals surface area contributed by atoms with Crippen LogP contribution in [-0.4, -0.2) is 17.1 Å². The third-order valence-electron chi connectivity index (χ3n) is 2.11. The van der Waals surface area contributed by atoms with Gasteiger partial charge in [0.2, 0.25) is 5.88 Å². The number of hydrogen-bond donors (Lipinski definition) is 2. The lowest BCUT2D eigenvalue weighted by atomic mass is 10.5. The summed E-state index contributed by atoms with van der Waals surface area (Å²) < 4.78 is 10.6. The Morgan fingerprint density at radius 3 is 2.94 bits per heavy atom. The van der Waals surface area contributed by atoms with E-state index < -0.39 is 0 Å². The van der Waals surface area contributed by atoms with Crippen LogP contribution in [0.3, 0.4) is 0 Å². The van der Waals surface area contributed by atoms with E-state index in [1.165, 1.54) is 0 Å². The van der Waals surface area contributed by atoms with Gasteiger partial charge in [-0.1, -0.05) is 6.07 Å². The number of hydrazine groups is 1. The van der Waals surface area contributed by atoms with Crippen molar-refractivity contribution in [2.75, 3.05) is 12.5 Å². The number of methoxy groups -OCH3 is 1. The molecule has 0 radical (unpaired) electrons. The van der Waals surface area contributed by atoms with E-state index in [2.05, 4.69) is 15.4 Å². The zero-order valence-electron chi connectivity index (χ0n) is 9.92. The zero-order chi connectivity index (χ0) is 12.8. The number of anilines is 1. The Hall–Kier alpha value is -1.70. The van der Waals surface area contributed by atoms with E-state index in [1.54, 1.807) is 24.5 Å². The van der Waals surface area contributed by atoms with Crippen molar-refractivity contribution < 1.29 is 9.47 Å². The second-order valence-electron chi connectivity index (χ2n) is 3.45. The predicted octanol–water partition coefficient (Wildman–Crippen LogP) is 1.55. The van der Waals surface area contributed by atoms with Crippen LogP contribution in [0.15, 0.2) is 23.6 Å². The molecule has 0 atom stereocenters. The Labute approximate surface area is 109 Å². The maximum atomic E-state index is 5.59. The molecule has 0 unspecified atom stereocenters. The average molecular weight is 266 g/mol. The number of nitrogens with zero attached hydrogens (tertiary/aromatic N) is 2. The average Bonchev–Trinajstić information content (AvgIpc) is 2.89. The van der Waals surface area contributed by atoms with Crippen molar-refractivity contribution in [1.29, 1.82) is 0 Å². The standard InChI is InChI=1S/C11H14N4O2S/c1-16-7-10-13-9(15-12)5-11(14-10)17-6-8-3-2-4-18-8/h2-5H,6-7,12H2,1H3,(H,13,14,15). The van der Waals surface area contributed by atoms with Crippen LogP contribution in [0, 0.1) is 0 Å². The van der Waals surface area contributed by atoms with E-state index >= 15 is 0 Å². The van der Waals surface area contributed by atoms with Crippen LogP contribution in [-0.2, 0) is 18.0 Å². The SMILES string of the molecule is COCc1nc(NN)cc(OCc2cccs2)n1. The molecule has 0 aliphatic heterocycles. The topological polar surface area (TPSA) is 82.3 Å². The molecule has 18 heavy (non-hydrogen) atoms. The van der Waals surface area contributed by atoms with Gasteiger partial charge in [0.15, 0.2) is 5.82 Å². The number of thiophene rings is 1. The van der Waals surface area contributed by atoms with Gasteiger partial charge in [-0.15, -0.1) is 11.3 Å². The smallest absolute Gasteiger partial charge is 0.219 e. The molecule has 7 heteroatoms. The van der Waals surface area contributed by atoms with Crippen LogP contribution < -0.4 is 16.0 Å². The summed E-state index contributed by atoms with van der Waals surface area (Å²) in [4.78, 5) is 9.49. The van der Waals surface area contributed by atoms with E-state index in [0.717, 1.165) is 4.88 Å². The molecule has 2 rings (SSSR count). The monoisotopic (exact) mass is 266 g/mol. The molecule has 0 aliphatic rings. The van der Waals surface area contributed by atoms with Crippen molar-refractivity contribution in [1.82, 2.24) is 9.97 Å². The summed E-state index contributed by atoms with van der Waals surface area (Å²) in [7, 11) is 1.58. The van der Waals surface area contributed by atoms with Crippen molar-refractivity contribution in [3.63, 3.8) is 0 Å². The van der Waals surface area contributed by atoms with Crippen LogP contribution in [0.2, 0.25) is 0 Å². The van der Waals surface area contributed by atoms with Gasteiger partial charge >= 0.3 is 0 Å². The minimum atomic E-state index is 0.310. The highest BCUT2D eigenvalue weighted by atomic mass is 32.1. The first-order chi connectivity index (χ1) is 8.81. The molecule has 0 aromatic carbocycles. The fourth-order valence-corrected chi connectivity index (χ4v) is 1.97. The largest absolute Gasteiger partial charge is 0.472 e. The van der Waals surface area contributed by atoms with Crippen molar-refractivity contribution in [2.24, 2.45) is 5.84 Å². The summed E-state index contributed by atoms with van der Waals surface area (Å²) in [5.41, 5.74) is 2.48. The lowest BCUT2D eigenvalue weighted by Crippen LogP contribution is -2.11. The van der Waals surface area contributed by atoms with Crippen LogP contribution in [0.1, 0.15) is 10.7 Å². The summed E-state index contributed by atoms with van der Waals surface area (Å²) in [6, 6.07) is 5.63. The molecule has 0 saturated heterocycles. The quantitative estimate of drug-likeness (QED) is 0.610. The molecule has 0 bridgehead atoms. The van der Waals surface area contributed by atoms with E-state index in [0.29, 0.717) is 30.7 Å². The molecule has 2 aromatic rings. The molecule has 0 aliphatic carbocycles. The second-order valence-corrected chi connectivity index (χ2v) is 4.49. The molecular formula is C11H14N4O2S. The highest BCUT2D eigenvalue weighted by Gasteiger charge is 2.05. The molecule has 0 spiro atoms. The predicted molar refractivity (Wildman–Crippen MR) is 69.2 cm³/mol. The number of rotatable bonds is 6. The molecule has 0 fully saturated rings. The Morgan fingerprint density at radius 1 is 1.39 bits per heavy atom. The maximum Gasteiger partial charge on any atom is 0.219 e. The van der Waals surface area contributed by atoms with Gasteiger partial charge in [-0.3, -0.25) is 0 Å². The number of nitrogen functional groups attached to an aromatic ring is 1. The molecule has 2 heterocycles. The van der Waals surface area contributed by atoms with Gasteiger partial charge in [0.05, 0.1) is 0 Å². The first-order valence-corrected chi connectivity index (χ1v) is 6.18. The van der Waals surface area contributed by atoms with Gasteiger partial charge in [0.25, 0.3) is 0 Å². The van der Waals surface area contributed by atoms with Gasteiger partial charge in [-0.2, -0.15) is 4.98 Å². The number of aromatic nitrogens is 2. The highest BCUT2D eigenvalue weighted by molar-refractivity contribution is 7.09. The Bertz CT molecular complexity index is 490. The molecule has 6 nitrogen and oxygen atoms in total. The fraction of sp³-hybridized carbons (Fsp3) is 0.273. The van der Waals surface area contributed by atoms with Crippen LogP contribution in [0.4, 0.5) is 5.82 Å². The first kappa shape index (κ1) is 12.7. The Morgan fingerprint density at radius 2 is 2.28 bits per heavy atom. The van der Waals surface area contributed by atoms with Gasteiger partial charge in [-0.25, -0.2) is 10.8 Å². The van der Waals surface area contributed by atoms with Crippen LogP contribution >= 0.6 is 11.3 Å². The lowest BCUT2D eigenvalue weighted by Gasteiger charge is -2.08. The Kier molecular flexibility index (Phi) is 4.46. The molecule has 0 saturated carbocycles. The van der Waals surface area contributed by atoms with Gasteiger partial charge < -0.3 is 14.9 Å². The summed E-state index contributed by atoms with van der Waals surface area (Å²) in [5, 5.41) is 2.00. The summed E-state index contributed by atoms with van der Waals surface area (Å²) in [5.74, 6) is 6.83. The van der Waals surface area contributed by atoms with Crippen molar-refractivity contribution in [3.8, 4) is 5.88 Å².